The summed E-state index contributed by atoms with van der Waals surface area (Å²) in [5.74, 6) is -0.842. The van der Waals surface area contributed by atoms with Crippen molar-refractivity contribution in [1.82, 2.24) is 39.1 Å². The van der Waals surface area contributed by atoms with Gasteiger partial charge in [-0.15, -0.1) is 0 Å². The van der Waals surface area contributed by atoms with Crippen molar-refractivity contribution in [3.05, 3.63) is 76.7 Å². The summed E-state index contributed by atoms with van der Waals surface area (Å²) in [4.78, 5) is 64.4. The Kier molecular flexibility index (Phi) is 9.92. The average Bonchev–Trinajstić information content (AvgIpc) is 3.73. The number of benzene rings is 1. The first-order valence-corrected chi connectivity index (χ1v) is 18.9. The predicted molar refractivity (Wildman–Crippen MR) is 202 cm³/mol. The van der Waals surface area contributed by atoms with Gasteiger partial charge in [-0.3, -0.25) is 43.5 Å². The van der Waals surface area contributed by atoms with Gasteiger partial charge >= 0.3 is 5.69 Å². The Bertz CT molecular complexity index is 2310. The van der Waals surface area contributed by atoms with Crippen LogP contribution in [0, 0.1) is 5.92 Å². The van der Waals surface area contributed by atoms with E-state index in [0.29, 0.717) is 34.9 Å². The molecule has 55 heavy (non-hydrogen) atoms. The molecule has 2 saturated heterocycles. The number of anilines is 2. The maximum absolute atomic E-state index is 14.1. The van der Waals surface area contributed by atoms with Crippen LogP contribution in [-0.4, -0.2) is 84.2 Å². The molecule has 3 aliphatic rings. The van der Waals surface area contributed by atoms with Crippen LogP contribution in [0.2, 0.25) is 0 Å². The molecule has 0 radical (unpaired) electrons. The van der Waals surface area contributed by atoms with Gasteiger partial charge in [-0.2, -0.15) is 5.10 Å². The number of fused-ring (bicyclic) bond motifs is 2. The smallest absolute Gasteiger partial charge is 0.329 e. The second kappa shape index (κ2) is 15.0. The Morgan fingerprint density at radius 1 is 0.982 bits per heavy atom. The van der Waals surface area contributed by atoms with Crippen molar-refractivity contribution in [3.8, 4) is 0 Å². The van der Waals surface area contributed by atoms with E-state index in [0.717, 1.165) is 69.4 Å². The van der Waals surface area contributed by atoms with E-state index in [1.165, 1.54) is 23.0 Å². The van der Waals surface area contributed by atoms with Gasteiger partial charge in [0.2, 0.25) is 11.8 Å². The molecular weight excluding hydrogens is 710 g/mol. The molecule has 1 saturated carbocycles. The molecule has 16 heteroatoms. The van der Waals surface area contributed by atoms with Crippen molar-refractivity contribution in [3.63, 3.8) is 0 Å². The number of nitrogens with one attached hydrogen (secondary N) is 2. The van der Waals surface area contributed by atoms with E-state index in [2.05, 4.69) is 42.5 Å². The van der Waals surface area contributed by atoms with Crippen LogP contribution < -0.4 is 21.2 Å². The number of piperidine rings is 2. The summed E-state index contributed by atoms with van der Waals surface area (Å²) in [5, 5.41) is 9.28. The number of aromatic nitrogens is 6. The molecule has 8 rings (SSSR count). The number of pyridine rings is 2. The number of hydrogen-bond donors (Lipinski definition) is 2. The number of aryl methyl sites for hydroxylation is 1. The van der Waals surface area contributed by atoms with Gasteiger partial charge in [-0.1, -0.05) is 6.07 Å². The highest BCUT2D eigenvalue weighted by atomic mass is 19.3. The summed E-state index contributed by atoms with van der Waals surface area (Å²) >= 11 is 0. The fourth-order valence-electron chi connectivity index (χ4n) is 8.80. The van der Waals surface area contributed by atoms with E-state index in [1.54, 1.807) is 34.6 Å². The van der Waals surface area contributed by atoms with E-state index in [-0.39, 0.29) is 35.3 Å². The lowest BCUT2D eigenvalue weighted by atomic mass is 9.85. The maximum Gasteiger partial charge on any atom is 0.329 e. The molecule has 14 nitrogen and oxygen atoms in total. The highest BCUT2D eigenvalue weighted by molar-refractivity contribution is 6.11. The second-order valence-electron chi connectivity index (χ2n) is 15.0. The van der Waals surface area contributed by atoms with Crippen LogP contribution in [-0.2, 0) is 16.6 Å². The monoisotopic (exact) mass is 754 g/mol. The molecule has 5 aromatic rings. The topological polar surface area (TPSA) is 152 Å². The maximum atomic E-state index is 14.1. The van der Waals surface area contributed by atoms with Gasteiger partial charge in [-0.05, 0) is 88.2 Å². The number of alkyl halides is 2. The van der Waals surface area contributed by atoms with Crippen LogP contribution in [0.25, 0.3) is 22.1 Å². The lowest BCUT2D eigenvalue weighted by Gasteiger charge is -2.40. The summed E-state index contributed by atoms with van der Waals surface area (Å²) in [7, 11) is 3.91. The van der Waals surface area contributed by atoms with Crippen molar-refractivity contribution >= 4 is 51.2 Å². The molecular formula is C39H44F2N10O4. The number of hydrogen-bond acceptors (Lipinski definition) is 9. The van der Waals surface area contributed by atoms with E-state index in [1.807, 2.05) is 18.2 Å². The molecule has 3 fully saturated rings. The van der Waals surface area contributed by atoms with Crippen molar-refractivity contribution in [1.29, 1.82) is 0 Å². The van der Waals surface area contributed by atoms with Crippen LogP contribution in [0.3, 0.4) is 0 Å². The Morgan fingerprint density at radius 3 is 2.51 bits per heavy atom. The minimum atomic E-state index is -2.85. The van der Waals surface area contributed by atoms with Gasteiger partial charge in [0, 0.05) is 57.7 Å². The lowest BCUT2D eigenvalue weighted by molar-refractivity contribution is -0.135. The zero-order chi connectivity index (χ0) is 38.4. The number of carbonyl (C=O) groups is 3. The van der Waals surface area contributed by atoms with Crippen molar-refractivity contribution in [2.24, 2.45) is 13.0 Å². The number of imidazole rings is 1. The summed E-state index contributed by atoms with van der Waals surface area (Å²) in [5.41, 5.74) is 2.89. The minimum absolute atomic E-state index is 0.000523. The Morgan fingerprint density at radius 2 is 1.76 bits per heavy atom. The number of nitrogens with zero attached hydrogens (tertiary/aromatic N) is 8. The van der Waals surface area contributed by atoms with Gasteiger partial charge in [0.05, 0.1) is 39.5 Å². The molecule has 0 spiro atoms. The molecule has 1 atom stereocenters. The fraction of sp³-hybridized carbons (Fsp3) is 0.462. The van der Waals surface area contributed by atoms with Gasteiger partial charge in [0.1, 0.15) is 11.6 Å². The third-order valence-electron chi connectivity index (χ3n) is 11.7. The first-order valence-electron chi connectivity index (χ1n) is 18.9. The molecule has 288 valence electrons. The SMILES string of the molecule is CN(C[C@H]1CC[C@H](n2cc(NC(=O)c3ccnc4cccnc34)c(C(F)F)n2)CC1)C1CCN(c2cccc3c2n(C)c(=O)n3C2CCC(=O)NC2=O)CC1. The normalized spacial score (nSPS) is 21.2. The van der Waals surface area contributed by atoms with E-state index in [4.69, 9.17) is 0 Å². The van der Waals surface area contributed by atoms with Crippen molar-refractivity contribution < 1.29 is 23.2 Å². The second-order valence-corrected chi connectivity index (χ2v) is 15.0. The van der Waals surface area contributed by atoms with Gasteiger partial charge in [0.15, 0.2) is 5.69 Å². The third kappa shape index (κ3) is 6.99. The first-order chi connectivity index (χ1) is 26.6. The van der Waals surface area contributed by atoms with E-state index >= 15 is 0 Å². The quantitative estimate of drug-likeness (QED) is 0.199. The molecule has 1 unspecified atom stereocenters. The Labute approximate surface area is 315 Å². The van der Waals surface area contributed by atoms with E-state index < -0.39 is 30.0 Å². The van der Waals surface area contributed by atoms with Crippen LogP contribution in [0.1, 0.15) is 85.9 Å². The number of imide groups is 1. The highest BCUT2D eigenvalue weighted by Gasteiger charge is 2.34. The lowest BCUT2D eigenvalue weighted by Crippen LogP contribution is -2.45. The summed E-state index contributed by atoms with van der Waals surface area (Å²) < 4.78 is 33.0. The molecule has 4 aromatic heterocycles. The van der Waals surface area contributed by atoms with Crippen LogP contribution >= 0.6 is 0 Å². The fourth-order valence-corrected chi connectivity index (χ4v) is 8.80. The number of amides is 3. The summed E-state index contributed by atoms with van der Waals surface area (Å²) in [6, 6.07) is 10.4. The van der Waals surface area contributed by atoms with Crippen LogP contribution in [0.5, 0.6) is 0 Å². The minimum Gasteiger partial charge on any atom is -0.370 e. The molecule has 2 N–H and O–H groups in total. The number of rotatable bonds is 9. The number of para-hydroxylation sites is 1. The number of halogens is 2. The standard InChI is InChI=1S/C39H44F2N10O4/c1-47(24-15-19-49(20-16-24)29-6-3-7-30-35(29)48(2)39(55)51(30)31-12-13-32(52)45-38(31)54)21-23-8-10-25(11-9-23)50-22-28(34(46-50)36(40)41)44-37(53)26-14-18-42-27-5-4-17-43-33(26)27/h3-7,14,17-18,22-25,31,36H,8-13,15-16,19-21H2,1-2H3,(H,44,53)(H,45,52,54)/t23-,25-,31?. The highest BCUT2D eigenvalue weighted by Crippen LogP contribution is 2.37. The molecule has 2 aliphatic heterocycles. The van der Waals surface area contributed by atoms with Crippen molar-refractivity contribution in [2.75, 3.05) is 36.9 Å². The third-order valence-corrected chi connectivity index (χ3v) is 11.7. The molecule has 0 bridgehead atoms. The molecule has 6 heterocycles. The van der Waals surface area contributed by atoms with Crippen molar-refractivity contribution in [2.45, 2.75) is 75.9 Å². The van der Waals surface area contributed by atoms with Gasteiger partial charge in [-0.25, -0.2) is 13.6 Å². The molecule has 1 aromatic carbocycles. The number of carbonyl (C=O) groups excluding carboxylic acids is 3. The van der Waals surface area contributed by atoms with Gasteiger partial charge < -0.3 is 15.1 Å². The Balaban J connectivity index is 0.871. The summed E-state index contributed by atoms with van der Waals surface area (Å²) in [6.07, 6.45) is 7.61. The summed E-state index contributed by atoms with van der Waals surface area (Å²) in [6.45, 7) is 2.57. The Hall–Kier alpha value is -5.51. The van der Waals surface area contributed by atoms with Crippen LogP contribution in [0.4, 0.5) is 20.2 Å². The average molecular weight is 755 g/mol. The zero-order valence-electron chi connectivity index (χ0n) is 30.8. The predicted octanol–water partition coefficient (Wildman–Crippen LogP) is 4.98. The van der Waals surface area contributed by atoms with Crippen LogP contribution in [0.15, 0.2) is 59.8 Å². The van der Waals surface area contributed by atoms with E-state index in [9.17, 15) is 28.0 Å². The molecule has 3 amide bonds. The first kappa shape index (κ1) is 36.5. The van der Waals surface area contributed by atoms with Gasteiger partial charge in [0.25, 0.3) is 12.3 Å². The zero-order valence-corrected chi connectivity index (χ0v) is 30.8. The molecule has 1 aliphatic carbocycles. The largest absolute Gasteiger partial charge is 0.370 e.